The molecule has 0 radical (unpaired) electrons. The number of carbonyl (C=O) groups excluding carboxylic acids is 1. The first-order valence-corrected chi connectivity index (χ1v) is 10.3. The van der Waals surface area contributed by atoms with Gasteiger partial charge in [0.05, 0.1) is 39.7 Å². The van der Waals surface area contributed by atoms with Crippen LogP contribution in [0.5, 0.6) is 23.0 Å². The van der Waals surface area contributed by atoms with Gasteiger partial charge in [-0.3, -0.25) is 4.79 Å². The van der Waals surface area contributed by atoms with Crippen molar-refractivity contribution in [3.63, 3.8) is 0 Å². The van der Waals surface area contributed by atoms with Crippen LogP contribution in [-0.2, 0) is 21.7 Å². The van der Waals surface area contributed by atoms with Gasteiger partial charge in [0.1, 0.15) is 40.8 Å². The van der Waals surface area contributed by atoms with E-state index >= 15 is 0 Å². The first-order valence-electron chi connectivity index (χ1n) is 8.88. The molecular formula is C21H25NO7S. The summed E-state index contributed by atoms with van der Waals surface area (Å²) in [5.74, 6) is 1.72. The van der Waals surface area contributed by atoms with Gasteiger partial charge in [-0.1, -0.05) is 6.07 Å². The molecule has 1 unspecified atom stereocenters. The van der Waals surface area contributed by atoms with Gasteiger partial charge in [-0.15, -0.1) is 0 Å². The Morgan fingerprint density at radius 2 is 1.67 bits per heavy atom. The molecule has 9 heteroatoms. The molecule has 2 aromatic carbocycles. The molecule has 0 aliphatic heterocycles. The van der Waals surface area contributed by atoms with Gasteiger partial charge in [-0.2, -0.15) is 0 Å². The molecule has 2 rings (SSSR count). The number of ether oxygens (including phenoxy) is 4. The van der Waals surface area contributed by atoms with E-state index < -0.39 is 23.7 Å². The third-order valence-electron chi connectivity index (χ3n) is 4.13. The summed E-state index contributed by atoms with van der Waals surface area (Å²) >= 11 is -1.36. The molecule has 2 aromatic rings. The molecule has 0 saturated heterocycles. The normalized spacial score (nSPS) is 11.8. The van der Waals surface area contributed by atoms with E-state index in [9.17, 15) is 9.35 Å². The summed E-state index contributed by atoms with van der Waals surface area (Å²) in [6.45, 7) is -0.645. The largest absolute Gasteiger partial charge is 0.612 e. The van der Waals surface area contributed by atoms with E-state index in [4.69, 9.17) is 24.1 Å². The fourth-order valence-corrected chi connectivity index (χ4v) is 3.58. The van der Waals surface area contributed by atoms with Crippen molar-refractivity contribution in [2.24, 2.45) is 0 Å². The van der Waals surface area contributed by atoms with Crippen molar-refractivity contribution in [3.05, 3.63) is 46.9 Å². The lowest BCUT2D eigenvalue weighted by Gasteiger charge is -2.13. The lowest BCUT2D eigenvalue weighted by Crippen LogP contribution is -2.16. The zero-order valence-electron chi connectivity index (χ0n) is 17.3. The molecule has 0 spiro atoms. The van der Waals surface area contributed by atoms with Gasteiger partial charge in [-0.05, 0) is 23.3 Å². The SMILES string of the molecule is COc1cc(OC)c(/C=C/[S+]([O-])Cc2ccc(OC)c(NC(=O)CO)c2)c(OC)c1. The summed E-state index contributed by atoms with van der Waals surface area (Å²) in [7, 11) is 6.08. The number of amides is 1. The van der Waals surface area contributed by atoms with Crippen LogP contribution in [0.3, 0.4) is 0 Å². The van der Waals surface area contributed by atoms with Crippen LogP contribution in [0.25, 0.3) is 6.08 Å². The second kappa shape index (κ2) is 11.3. The smallest absolute Gasteiger partial charge is 0.250 e. The zero-order chi connectivity index (χ0) is 22.1. The Kier molecular flexibility index (Phi) is 8.85. The summed E-state index contributed by atoms with van der Waals surface area (Å²) in [4.78, 5) is 11.5. The predicted octanol–water partition coefficient (Wildman–Crippen LogP) is 2.57. The quantitative estimate of drug-likeness (QED) is 0.552. The molecule has 8 nitrogen and oxygen atoms in total. The lowest BCUT2D eigenvalue weighted by molar-refractivity contribution is -0.118. The van der Waals surface area contributed by atoms with Crippen LogP contribution in [0, 0.1) is 0 Å². The van der Waals surface area contributed by atoms with Gasteiger partial charge < -0.3 is 33.9 Å². The molecule has 0 aromatic heterocycles. The average molecular weight is 435 g/mol. The lowest BCUT2D eigenvalue weighted by atomic mass is 10.1. The highest BCUT2D eigenvalue weighted by Gasteiger charge is 2.14. The van der Waals surface area contributed by atoms with E-state index in [0.29, 0.717) is 34.2 Å². The first-order chi connectivity index (χ1) is 14.4. The molecule has 2 N–H and O–H groups in total. The van der Waals surface area contributed by atoms with Crippen molar-refractivity contribution < 1.29 is 33.4 Å². The van der Waals surface area contributed by atoms with Gasteiger partial charge in [0.15, 0.2) is 0 Å². The number of hydrogen-bond donors (Lipinski definition) is 2. The van der Waals surface area contributed by atoms with Gasteiger partial charge >= 0.3 is 0 Å². The molecular weight excluding hydrogens is 410 g/mol. The molecule has 1 amide bonds. The Morgan fingerprint density at radius 1 is 1.03 bits per heavy atom. The molecule has 162 valence electrons. The van der Waals surface area contributed by atoms with Crippen LogP contribution >= 0.6 is 0 Å². The van der Waals surface area contributed by atoms with E-state index in [0.717, 1.165) is 5.56 Å². The standard InChI is InChI=1S/C21H25NO7S/c1-26-15-10-19(28-3)16(20(11-15)29-4)7-8-30(25)13-14-5-6-18(27-2)17(9-14)22-21(24)12-23/h5-11,23H,12-13H2,1-4H3,(H,22,24)/b8-7+. The maximum absolute atomic E-state index is 12.6. The first kappa shape index (κ1) is 23.4. The minimum Gasteiger partial charge on any atom is -0.612 e. The number of benzene rings is 2. The van der Waals surface area contributed by atoms with Crippen LogP contribution in [0.4, 0.5) is 5.69 Å². The van der Waals surface area contributed by atoms with Gasteiger partial charge in [0.2, 0.25) is 5.91 Å². The van der Waals surface area contributed by atoms with Crippen LogP contribution in [0.1, 0.15) is 11.1 Å². The maximum Gasteiger partial charge on any atom is 0.250 e. The summed E-state index contributed by atoms with van der Waals surface area (Å²) in [5.41, 5.74) is 1.76. The van der Waals surface area contributed by atoms with Gasteiger partial charge in [0.25, 0.3) is 0 Å². The monoisotopic (exact) mass is 435 g/mol. The third kappa shape index (κ3) is 6.06. The zero-order valence-corrected chi connectivity index (χ0v) is 18.1. The number of methoxy groups -OCH3 is 4. The van der Waals surface area contributed by atoms with Gasteiger partial charge in [0, 0.05) is 23.8 Å². The Hall–Kier alpha value is -2.88. The Balaban J connectivity index is 2.21. The molecule has 1 atom stereocenters. The van der Waals surface area contributed by atoms with E-state index in [-0.39, 0.29) is 5.75 Å². The highest BCUT2D eigenvalue weighted by molar-refractivity contribution is 7.93. The van der Waals surface area contributed by atoms with Gasteiger partial charge in [-0.25, -0.2) is 0 Å². The van der Waals surface area contributed by atoms with Crippen LogP contribution in [0.15, 0.2) is 35.7 Å². The highest BCUT2D eigenvalue weighted by atomic mass is 32.2. The summed E-state index contributed by atoms with van der Waals surface area (Å²) in [6.07, 6.45) is 1.67. The Labute approximate surface area is 178 Å². The van der Waals surface area contributed by atoms with E-state index in [1.54, 1.807) is 48.9 Å². The second-order valence-electron chi connectivity index (χ2n) is 6.01. The third-order valence-corrected chi connectivity index (χ3v) is 5.19. The number of aliphatic hydroxyl groups is 1. The fraction of sp³-hybridized carbons (Fsp3) is 0.286. The number of carbonyl (C=O) groups is 1. The number of hydrogen-bond acceptors (Lipinski definition) is 7. The molecule has 0 saturated carbocycles. The minimum atomic E-state index is -1.36. The van der Waals surface area contributed by atoms with Crippen molar-refractivity contribution >= 4 is 28.8 Å². The second-order valence-corrected chi connectivity index (χ2v) is 7.34. The predicted molar refractivity (Wildman–Crippen MR) is 116 cm³/mol. The maximum atomic E-state index is 12.6. The Morgan fingerprint density at radius 3 is 2.20 bits per heavy atom. The van der Waals surface area contributed by atoms with Crippen molar-refractivity contribution in [1.29, 1.82) is 0 Å². The van der Waals surface area contributed by atoms with Crippen molar-refractivity contribution in [3.8, 4) is 23.0 Å². The molecule has 0 fully saturated rings. The number of rotatable bonds is 10. The summed E-state index contributed by atoms with van der Waals surface area (Å²) in [6, 6.07) is 8.51. The minimum absolute atomic E-state index is 0.212. The van der Waals surface area contributed by atoms with E-state index in [1.165, 1.54) is 21.3 Å². The summed E-state index contributed by atoms with van der Waals surface area (Å²) in [5, 5.41) is 13.0. The number of nitrogens with one attached hydrogen (secondary N) is 1. The van der Waals surface area contributed by atoms with Crippen LogP contribution < -0.4 is 24.3 Å². The number of aliphatic hydroxyl groups excluding tert-OH is 1. The van der Waals surface area contributed by atoms with Crippen LogP contribution in [-0.4, -0.2) is 50.6 Å². The van der Waals surface area contributed by atoms with Crippen molar-refractivity contribution in [2.75, 3.05) is 40.4 Å². The topological polar surface area (TPSA) is 109 Å². The molecule has 0 aliphatic rings. The number of anilines is 1. The summed E-state index contributed by atoms with van der Waals surface area (Å²) < 4.78 is 33.8. The van der Waals surface area contributed by atoms with Crippen LogP contribution in [0.2, 0.25) is 0 Å². The van der Waals surface area contributed by atoms with E-state index in [2.05, 4.69) is 5.32 Å². The fourth-order valence-electron chi connectivity index (χ4n) is 2.69. The molecule has 30 heavy (non-hydrogen) atoms. The highest BCUT2D eigenvalue weighted by Crippen LogP contribution is 2.35. The van der Waals surface area contributed by atoms with Crippen molar-refractivity contribution in [1.82, 2.24) is 0 Å². The molecule has 0 aliphatic carbocycles. The van der Waals surface area contributed by atoms with Crippen molar-refractivity contribution in [2.45, 2.75) is 5.75 Å². The molecule has 0 heterocycles. The Bertz CT molecular complexity index is 876. The molecule has 0 bridgehead atoms. The van der Waals surface area contributed by atoms with E-state index in [1.807, 2.05) is 0 Å². The average Bonchev–Trinajstić information content (AvgIpc) is 2.77.